The molecule has 0 aliphatic rings. The fraction of sp³-hybridized carbons (Fsp3) is 0.200. The second kappa shape index (κ2) is 5.33. The summed E-state index contributed by atoms with van der Waals surface area (Å²) in [6.07, 6.45) is 1.67. The highest BCUT2D eigenvalue weighted by Gasteiger charge is 2.18. The number of fused-ring (bicyclic) bond motifs is 1. The molecule has 1 unspecified atom stereocenters. The minimum absolute atomic E-state index is 0.191. The predicted octanol–water partition coefficient (Wildman–Crippen LogP) is 3.87. The first-order chi connectivity index (χ1) is 10.1. The van der Waals surface area contributed by atoms with E-state index in [1.807, 2.05) is 13.0 Å². The quantitative estimate of drug-likeness (QED) is 0.690. The lowest BCUT2D eigenvalue weighted by molar-refractivity contribution is 0.386. The van der Waals surface area contributed by atoms with E-state index in [1.165, 1.54) is 13.2 Å². The van der Waals surface area contributed by atoms with Gasteiger partial charge in [-0.2, -0.15) is 0 Å². The van der Waals surface area contributed by atoms with Gasteiger partial charge in [0.15, 0.2) is 17.2 Å². The molecular formula is C15H13ClFN3O. The van der Waals surface area contributed by atoms with Gasteiger partial charge in [-0.1, -0.05) is 0 Å². The molecule has 0 aliphatic carbocycles. The summed E-state index contributed by atoms with van der Waals surface area (Å²) in [7, 11) is 1.43. The summed E-state index contributed by atoms with van der Waals surface area (Å²) in [6.45, 7) is 1.82. The molecule has 2 aromatic heterocycles. The standard InChI is InChI=1S/C15H13ClFN3O/c1-9(16)14-19-12-4-3-7-18-15(12)20(14)10-5-6-13(21-2)11(17)8-10/h3-9H,1-2H3. The third kappa shape index (κ3) is 2.34. The Bertz CT molecular complexity index is 801. The van der Waals surface area contributed by atoms with Crippen molar-refractivity contribution >= 4 is 22.8 Å². The number of pyridine rings is 1. The van der Waals surface area contributed by atoms with Gasteiger partial charge in [0.1, 0.15) is 11.3 Å². The average Bonchev–Trinajstić information content (AvgIpc) is 2.86. The molecule has 0 aliphatic heterocycles. The summed E-state index contributed by atoms with van der Waals surface area (Å²) in [5.41, 5.74) is 1.97. The van der Waals surface area contributed by atoms with E-state index in [-0.39, 0.29) is 11.1 Å². The van der Waals surface area contributed by atoms with Crippen molar-refractivity contribution in [3.8, 4) is 11.4 Å². The summed E-state index contributed by atoms with van der Waals surface area (Å²) in [5, 5.41) is -0.329. The van der Waals surface area contributed by atoms with Crippen LogP contribution in [0.25, 0.3) is 16.9 Å². The van der Waals surface area contributed by atoms with E-state index >= 15 is 0 Å². The van der Waals surface area contributed by atoms with Gasteiger partial charge in [0.25, 0.3) is 0 Å². The molecule has 0 N–H and O–H groups in total. The predicted molar refractivity (Wildman–Crippen MR) is 79.6 cm³/mol. The number of aromatic nitrogens is 3. The smallest absolute Gasteiger partial charge is 0.167 e. The number of hydrogen-bond acceptors (Lipinski definition) is 3. The second-order valence-corrected chi connectivity index (χ2v) is 5.24. The molecule has 4 nitrogen and oxygen atoms in total. The van der Waals surface area contributed by atoms with Crippen LogP contribution in [-0.2, 0) is 0 Å². The maximum atomic E-state index is 14.0. The van der Waals surface area contributed by atoms with Crippen LogP contribution in [0.4, 0.5) is 4.39 Å². The van der Waals surface area contributed by atoms with Gasteiger partial charge in [0.05, 0.1) is 18.2 Å². The molecule has 6 heteroatoms. The van der Waals surface area contributed by atoms with E-state index in [2.05, 4.69) is 9.97 Å². The summed E-state index contributed by atoms with van der Waals surface area (Å²) in [4.78, 5) is 8.80. The number of alkyl halides is 1. The number of ether oxygens (including phenoxy) is 1. The van der Waals surface area contributed by atoms with Crippen molar-refractivity contribution in [2.45, 2.75) is 12.3 Å². The van der Waals surface area contributed by atoms with Crippen LogP contribution in [-0.4, -0.2) is 21.6 Å². The monoisotopic (exact) mass is 305 g/mol. The first-order valence-corrected chi connectivity index (χ1v) is 6.87. The largest absolute Gasteiger partial charge is 0.494 e. The average molecular weight is 306 g/mol. The molecule has 21 heavy (non-hydrogen) atoms. The van der Waals surface area contributed by atoms with Crippen molar-refractivity contribution in [3.63, 3.8) is 0 Å². The number of benzene rings is 1. The van der Waals surface area contributed by atoms with Crippen LogP contribution in [0, 0.1) is 5.82 Å². The van der Waals surface area contributed by atoms with Crippen LogP contribution in [0.1, 0.15) is 18.1 Å². The maximum absolute atomic E-state index is 14.0. The Morgan fingerprint density at radius 1 is 1.33 bits per heavy atom. The lowest BCUT2D eigenvalue weighted by atomic mass is 10.2. The molecule has 108 valence electrons. The topological polar surface area (TPSA) is 39.9 Å². The molecule has 0 saturated heterocycles. The highest BCUT2D eigenvalue weighted by molar-refractivity contribution is 6.20. The van der Waals surface area contributed by atoms with Gasteiger partial charge >= 0.3 is 0 Å². The van der Waals surface area contributed by atoms with Crippen LogP contribution in [0.2, 0.25) is 0 Å². The van der Waals surface area contributed by atoms with E-state index in [9.17, 15) is 4.39 Å². The summed E-state index contributed by atoms with van der Waals surface area (Å²) in [6, 6.07) is 8.36. The van der Waals surface area contributed by atoms with Gasteiger partial charge in [-0.05, 0) is 31.2 Å². The molecular weight excluding hydrogens is 293 g/mol. The fourth-order valence-corrected chi connectivity index (χ4v) is 2.39. The minimum atomic E-state index is -0.444. The lowest BCUT2D eigenvalue weighted by Crippen LogP contribution is -2.03. The molecule has 0 amide bonds. The fourth-order valence-electron chi connectivity index (χ4n) is 2.25. The zero-order valence-electron chi connectivity index (χ0n) is 11.5. The Balaban J connectivity index is 2.27. The third-order valence-corrected chi connectivity index (χ3v) is 3.39. The lowest BCUT2D eigenvalue weighted by Gasteiger charge is -2.11. The highest BCUT2D eigenvalue weighted by atomic mass is 35.5. The van der Waals surface area contributed by atoms with Crippen molar-refractivity contribution < 1.29 is 9.13 Å². The van der Waals surface area contributed by atoms with Gasteiger partial charge in [-0.3, -0.25) is 4.57 Å². The molecule has 0 fully saturated rings. The second-order valence-electron chi connectivity index (χ2n) is 4.59. The molecule has 3 aromatic rings. The molecule has 0 spiro atoms. The number of rotatable bonds is 3. The molecule has 1 atom stereocenters. The Morgan fingerprint density at radius 2 is 2.14 bits per heavy atom. The molecule has 2 heterocycles. The number of hydrogen-bond donors (Lipinski definition) is 0. The maximum Gasteiger partial charge on any atom is 0.167 e. The zero-order valence-corrected chi connectivity index (χ0v) is 12.3. The molecule has 0 radical (unpaired) electrons. The molecule has 3 rings (SSSR count). The number of nitrogens with zero attached hydrogens (tertiary/aromatic N) is 3. The molecule has 0 saturated carbocycles. The Hall–Kier alpha value is -2.14. The summed E-state index contributed by atoms with van der Waals surface area (Å²) < 4.78 is 20.7. The molecule has 0 bridgehead atoms. The van der Waals surface area contributed by atoms with Gasteiger partial charge in [-0.15, -0.1) is 11.6 Å². The van der Waals surface area contributed by atoms with E-state index in [0.29, 0.717) is 17.2 Å². The normalized spacial score (nSPS) is 12.6. The van der Waals surface area contributed by atoms with Gasteiger partial charge < -0.3 is 4.74 Å². The van der Waals surface area contributed by atoms with E-state index in [1.54, 1.807) is 29.0 Å². The number of methoxy groups -OCH3 is 1. The van der Waals surface area contributed by atoms with Crippen molar-refractivity contribution in [1.82, 2.24) is 14.5 Å². The van der Waals surface area contributed by atoms with Crippen molar-refractivity contribution in [1.29, 1.82) is 0 Å². The van der Waals surface area contributed by atoms with Gasteiger partial charge in [0.2, 0.25) is 0 Å². The first-order valence-electron chi connectivity index (χ1n) is 6.43. The number of halogens is 2. The van der Waals surface area contributed by atoms with Crippen molar-refractivity contribution in [3.05, 3.63) is 48.2 Å². The minimum Gasteiger partial charge on any atom is -0.494 e. The van der Waals surface area contributed by atoms with Crippen LogP contribution in [0.3, 0.4) is 0 Å². The van der Waals surface area contributed by atoms with Crippen LogP contribution in [0.15, 0.2) is 36.5 Å². The summed E-state index contributed by atoms with van der Waals surface area (Å²) in [5.74, 6) is 0.368. The van der Waals surface area contributed by atoms with Crippen LogP contribution >= 0.6 is 11.6 Å². The van der Waals surface area contributed by atoms with Gasteiger partial charge in [-0.25, -0.2) is 14.4 Å². The van der Waals surface area contributed by atoms with Crippen LogP contribution < -0.4 is 4.74 Å². The van der Waals surface area contributed by atoms with Gasteiger partial charge in [0, 0.05) is 12.3 Å². The Morgan fingerprint density at radius 3 is 2.81 bits per heavy atom. The summed E-state index contributed by atoms with van der Waals surface area (Å²) >= 11 is 6.20. The Labute approximate surface area is 126 Å². The number of imidazole rings is 1. The van der Waals surface area contributed by atoms with E-state index < -0.39 is 5.82 Å². The van der Waals surface area contributed by atoms with E-state index in [4.69, 9.17) is 16.3 Å². The van der Waals surface area contributed by atoms with Crippen molar-refractivity contribution in [2.24, 2.45) is 0 Å². The Kier molecular flexibility index (Phi) is 3.51. The van der Waals surface area contributed by atoms with Crippen LogP contribution in [0.5, 0.6) is 5.75 Å². The zero-order chi connectivity index (χ0) is 15.0. The van der Waals surface area contributed by atoms with Crippen molar-refractivity contribution in [2.75, 3.05) is 7.11 Å². The SMILES string of the molecule is COc1ccc(-n2c(C(C)Cl)nc3cccnc32)cc1F. The highest BCUT2D eigenvalue weighted by Crippen LogP contribution is 2.28. The first kappa shape index (κ1) is 13.8. The third-order valence-electron chi connectivity index (χ3n) is 3.19. The van der Waals surface area contributed by atoms with E-state index in [0.717, 1.165) is 5.52 Å². The molecule has 1 aromatic carbocycles.